The molecule has 1 rings (SSSR count). The molecule has 0 aliphatic heterocycles. The van der Waals surface area contributed by atoms with E-state index in [2.05, 4.69) is 21.2 Å². The standard InChI is InChI=1S/C12H13BrF3NO3/c13-2-5-20-4-1-3-17-12(19)7-6-8(14)10(16)11(18)9(7)15/h6,18H,1-5H2,(H,17,19). The Labute approximate surface area is 122 Å². The minimum absolute atomic E-state index is 0.181. The molecule has 1 amide bonds. The molecule has 0 aliphatic rings. The summed E-state index contributed by atoms with van der Waals surface area (Å²) < 4.78 is 44.4. The van der Waals surface area contributed by atoms with Crippen molar-refractivity contribution < 1.29 is 27.8 Å². The maximum Gasteiger partial charge on any atom is 0.254 e. The third-order valence-electron chi connectivity index (χ3n) is 2.35. The number of benzene rings is 1. The molecule has 0 saturated heterocycles. The van der Waals surface area contributed by atoms with Gasteiger partial charge < -0.3 is 15.2 Å². The van der Waals surface area contributed by atoms with Crippen LogP contribution in [0.15, 0.2) is 6.07 Å². The van der Waals surface area contributed by atoms with Crippen molar-refractivity contribution in [2.24, 2.45) is 0 Å². The Hall–Kier alpha value is -1.28. The SMILES string of the molecule is O=C(NCCCOCCBr)c1cc(F)c(F)c(O)c1F. The molecule has 20 heavy (non-hydrogen) atoms. The highest BCUT2D eigenvalue weighted by Gasteiger charge is 2.22. The van der Waals surface area contributed by atoms with E-state index in [0.717, 1.165) is 0 Å². The molecule has 0 bridgehead atoms. The molecule has 0 unspecified atom stereocenters. The quantitative estimate of drug-likeness (QED) is 0.448. The van der Waals surface area contributed by atoms with Gasteiger partial charge in [0.25, 0.3) is 5.91 Å². The number of ether oxygens (including phenoxy) is 1. The molecule has 1 aromatic rings. The smallest absolute Gasteiger partial charge is 0.254 e. The summed E-state index contributed by atoms with van der Waals surface area (Å²) in [5.74, 6) is -7.14. The molecule has 1 aromatic carbocycles. The molecule has 8 heteroatoms. The monoisotopic (exact) mass is 355 g/mol. The zero-order valence-electron chi connectivity index (χ0n) is 10.4. The van der Waals surface area contributed by atoms with Crippen molar-refractivity contribution in [1.29, 1.82) is 0 Å². The second-order valence-electron chi connectivity index (χ2n) is 3.79. The third-order valence-corrected chi connectivity index (χ3v) is 2.67. The number of carbonyl (C=O) groups excluding carboxylic acids is 1. The zero-order chi connectivity index (χ0) is 15.1. The molecule has 112 valence electrons. The molecule has 0 aromatic heterocycles. The number of amides is 1. The molecule has 0 atom stereocenters. The minimum atomic E-state index is -1.72. The Kier molecular flexibility index (Phi) is 6.80. The van der Waals surface area contributed by atoms with Crippen LogP contribution in [0.3, 0.4) is 0 Å². The number of hydrogen-bond acceptors (Lipinski definition) is 3. The van der Waals surface area contributed by atoms with Crippen LogP contribution in [0.1, 0.15) is 16.8 Å². The zero-order valence-corrected chi connectivity index (χ0v) is 12.0. The van der Waals surface area contributed by atoms with Crippen molar-refractivity contribution in [3.8, 4) is 5.75 Å². The lowest BCUT2D eigenvalue weighted by molar-refractivity contribution is 0.0939. The van der Waals surface area contributed by atoms with Gasteiger partial charge in [0.2, 0.25) is 5.82 Å². The van der Waals surface area contributed by atoms with Crippen LogP contribution in [0.5, 0.6) is 5.75 Å². The minimum Gasteiger partial charge on any atom is -0.503 e. The molecule has 4 nitrogen and oxygen atoms in total. The van der Waals surface area contributed by atoms with Crippen molar-refractivity contribution >= 4 is 21.8 Å². The van der Waals surface area contributed by atoms with Gasteiger partial charge in [-0.05, 0) is 12.5 Å². The number of phenols is 1. The predicted octanol–water partition coefficient (Wildman–Crippen LogP) is 2.34. The fourth-order valence-electron chi connectivity index (χ4n) is 1.38. The highest BCUT2D eigenvalue weighted by atomic mass is 79.9. The first kappa shape index (κ1) is 16.8. The Balaban J connectivity index is 2.56. The summed E-state index contributed by atoms with van der Waals surface area (Å²) in [6.07, 6.45) is 0.482. The molecule has 0 radical (unpaired) electrons. The van der Waals surface area contributed by atoms with Gasteiger partial charge in [0.1, 0.15) is 0 Å². The van der Waals surface area contributed by atoms with E-state index in [-0.39, 0.29) is 6.54 Å². The molecule has 0 aliphatic carbocycles. The van der Waals surface area contributed by atoms with E-state index >= 15 is 0 Å². The number of nitrogens with one attached hydrogen (secondary N) is 1. The molecule has 0 spiro atoms. The van der Waals surface area contributed by atoms with E-state index < -0.39 is 34.7 Å². The van der Waals surface area contributed by atoms with Gasteiger partial charge in [0.15, 0.2) is 17.4 Å². The summed E-state index contributed by atoms with van der Waals surface area (Å²) in [4.78, 5) is 11.6. The van der Waals surface area contributed by atoms with Crippen LogP contribution in [0.25, 0.3) is 0 Å². The number of phenolic OH excluding ortho intramolecular Hbond substituents is 1. The van der Waals surface area contributed by atoms with E-state index in [9.17, 15) is 18.0 Å². The second-order valence-corrected chi connectivity index (χ2v) is 4.59. The van der Waals surface area contributed by atoms with Gasteiger partial charge in [0.05, 0.1) is 12.2 Å². The van der Waals surface area contributed by atoms with E-state index in [1.54, 1.807) is 0 Å². The van der Waals surface area contributed by atoms with Gasteiger partial charge in [0, 0.05) is 18.5 Å². The molecule has 0 heterocycles. The summed E-state index contributed by atoms with van der Waals surface area (Å²) in [6, 6.07) is 0.404. The topological polar surface area (TPSA) is 58.6 Å². The molecule has 0 saturated carbocycles. The Bertz CT molecular complexity index is 486. The van der Waals surface area contributed by atoms with Crippen LogP contribution in [0.2, 0.25) is 0 Å². The molecule has 2 N–H and O–H groups in total. The van der Waals surface area contributed by atoms with Crippen molar-refractivity contribution in [3.63, 3.8) is 0 Å². The first-order valence-electron chi connectivity index (χ1n) is 5.77. The first-order chi connectivity index (χ1) is 9.49. The van der Waals surface area contributed by atoms with E-state index in [0.29, 0.717) is 31.0 Å². The average molecular weight is 356 g/mol. The van der Waals surface area contributed by atoms with Crippen molar-refractivity contribution in [3.05, 3.63) is 29.1 Å². The number of hydrogen-bond donors (Lipinski definition) is 2. The number of halogens is 4. The van der Waals surface area contributed by atoms with Crippen molar-refractivity contribution in [2.75, 3.05) is 25.1 Å². The third kappa shape index (κ3) is 4.38. The van der Waals surface area contributed by atoms with E-state index in [1.165, 1.54) is 0 Å². The lowest BCUT2D eigenvalue weighted by atomic mass is 10.1. The van der Waals surface area contributed by atoms with E-state index in [4.69, 9.17) is 9.84 Å². The molecule has 0 fully saturated rings. The number of aromatic hydroxyl groups is 1. The highest BCUT2D eigenvalue weighted by Crippen LogP contribution is 2.25. The van der Waals surface area contributed by atoms with E-state index in [1.807, 2.05) is 0 Å². The summed E-state index contributed by atoms with van der Waals surface area (Å²) >= 11 is 3.17. The Morgan fingerprint density at radius 2 is 2.00 bits per heavy atom. The van der Waals surface area contributed by atoms with Crippen molar-refractivity contribution in [1.82, 2.24) is 5.32 Å². The van der Waals surface area contributed by atoms with Crippen LogP contribution in [-0.2, 0) is 4.74 Å². The lowest BCUT2D eigenvalue weighted by Crippen LogP contribution is -2.26. The first-order valence-corrected chi connectivity index (χ1v) is 6.89. The lowest BCUT2D eigenvalue weighted by Gasteiger charge is -2.08. The summed E-state index contributed by atoms with van der Waals surface area (Å²) in [7, 11) is 0. The van der Waals surface area contributed by atoms with Crippen LogP contribution in [-0.4, -0.2) is 36.1 Å². The van der Waals surface area contributed by atoms with Gasteiger partial charge in [-0.15, -0.1) is 0 Å². The average Bonchev–Trinajstić information content (AvgIpc) is 2.44. The Morgan fingerprint density at radius 3 is 2.65 bits per heavy atom. The highest BCUT2D eigenvalue weighted by molar-refractivity contribution is 9.09. The van der Waals surface area contributed by atoms with Gasteiger partial charge in [-0.2, -0.15) is 4.39 Å². The number of carbonyl (C=O) groups is 1. The van der Waals surface area contributed by atoms with Gasteiger partial charge in [-0.1, -0.05) is 15.9 Å². The number of alkyl halides is 1. The summed E-state index contributed by atoms with van der Waals surface area (Å²) in [6.45, 7) is 1.11. The van der Waals surface area contributed by atoms with Crippen LogP contribution in [0, 0.1) is 17.5 Å². The van der Waals surface area contributed by atoms with Gasteiger partial charge in [-0.3, -0.25) is 4.79 Å². The maximum absolute atomic E-state index is 13.4. The van der Waals surface area contributed by atoms with Crippen LogP contribution >= 0.6 is 15.9 Å². The fraction of sp³-hybridized carbons (Fsp3) is 0.417. The fourth-order valence-corrected chi connectivity index (χ4v) is 1.61. The largest absolute Gasteiger partial charge is 0.503 e. The van der Waals surface area contributed by atoms with Crippen LogP contribution < -0.4 is 5.32 Å². The molecular formula is C12H13BrF3NO3. The van der Waals surface area contributed by atoms with Crippen LogP contribution in [0.4, 0.5) is 13.2 Å². The molecular weight excluding hydrogens is 343 g/mol. The van der Waals surface area contributed by atoms with Gasteiger partial charge in [-0.25, -0.2) is 8.78 Å². The summed E-state index contributed by atoms with van der Waals surface area (Å²) in [5, 5.41) is 12.0. The second kappa shape index (κ2) is 8.11. The number of rotatable bonds is 7. The van der Waals surface area contributed by atoms with Gasteiger partial charge >= 0.3 is 0 Å². The normalized spacial score (nSPS) is 10.6. The predicted molar refractivity (Wildman–Crippen MR) is 69.5 cm³/mol. The van der Waals surface area contributed by atoms with Crippen molar-refractivity contribution in [2.45, 2.75) is 6.42 Å². The maximum atomic E-state index is 13.4. The Morgan fingerprint density at radius 1 is 1.30 bits per heavy atom. The summed E-state index contributed by atoms with van der Waals surface area (Å²) in [5.41, 5.74) is -0.747.